The van der Waals surface area contributed by atoms with Crippen LogP contribution in [0.5, 0.6) is 0 Å². The molecule has 2 aromatic carbocycles. The van der Waals surface area contributed by atoms with Crippen molar-refractivity contribution in [3.63, 3.8) is 0 Å². The van der Waals surface area contributed by atoms with Gasteiger partial charge in [-0.3, -0.25) is 4.40 Å². The first-order valence-electron chi connectivity index (χ1n) is 8.10. The van der Waals surface area contributed by atoms with E-state index in [9.17, 15) is 14.0 Å². The lowest BCUT2D eigenvalue weighted by Gasteiger charge is -2.09. The van der Waals surface area contributed by atoms with E-state index < -0.39 is 11.6 Å². The van der Waals surface area contributed by atoms with Crippen LogP contribution >= 0.6 is 0 Å². The van der Waals surface area contributed by atoms with Gasteiger partial charge < -0.3 is 10.9 Å². The fourth-order valence-electron chi connectivity index (χ4n) is 3.04. The van der Waals surface area contributed by atoms with Crippen LogP contribution in [0.3, 0.4) is 0 Å². The molecule has 0 radical (unpaired) electrons. The van der Waals surface area contributed by atoms with Gasteiger partial charge in [-0.2, -0.15) is 0 Å². The quantitative estimate of drug-likeness (QED) is 0.327. The predicted molar refractivity (Wildman–Crippen MR) is 98.8 cm³/mol. The van der Waals surface area contributed by atoms with E-state index in [2.05, 4.69) is 10.1 Å². The minimum Gasteiger partial charge on any atom is -0.410 e. The predicted octanol–water partition coefficient (Wildman–Crippen LogP) is 4.09. The highest BCUT2D eigenvalue weighted by molar-refractivity contribution is 6.12. The van der Waals surface area contributed by atoms with Crippen molar-refractivity contribution in [2.45, 2.75) is 0 Å². The number of pyridine rings is 1. The second-order valence-corrected chi connectivity index (χ2v) is 5.91. The van der Waals surface area contributed by atoms with E-state index in [-0.39, 0.29) is 11.3 Å². The molecule has 0 aliphatic carbocycles. The number of imidazole rings is 1. The van der Waals surface area contributed by atoms with Crippen molar-refractivity contribution in [2.75, 3.05) is 5.73 Å². The molecule has 3 N–H and O–H groups in total. The topological polar surface area (TPSA) is 75.9 Å². The second kappa shape index (κ2) is 6.53. The Kier molecular flexibility index (Phi) is 4.04. The smallest absolute Gasteiger partial charge is 0.168 e. The van der Waals surface area contributed by atoms with Crippen molar-refractivity contribution >= 4 is 17.2 Å². The highest BCUT2D eigenvalue weighted by atomic mass is 19.2. The van der Waals surface area contributed by atoms with Crippen LogP contribution in [0.15, 0.2) is 72.0 Å². The number of aromatic nitrogens is 2. The van der Waals surface area contributed by atoms with E-state index in [1.807, 2.05) is 30.3 Å². The van der Waals surface area contributed by atoms with E-state index in [1.54, 1.807) is 22.7 Å². The first kappa shape index (κ1) is 16.7. The van der Waals surface area contributed by atoms with Crippen LogP contribution in [-0.2, 0) is 0 Å². The molecule has 2 heterocycles. The lowest BCUT2D eigenvalue weighted by molar-refractivity contribution is 0.319. The van der Waals surface area contributed by atoms with Gasteiger partial charge in [0, 0.05) is 22.9 Å². The number of hydrogen-bond donors (Lipinski definition) is 2. The highest BCUT2D eigenvalue weighted by Crippen LogP contribution is 2.28. The lowest BCUT2D eigenvalue weighted by Crippen LogP contribution is -2.09. The maximum atomic E-state index is 14.2. The van der Waals surface area contributed by atoms with Crippen molar-refractivity contribution in [2.24, 2.45) is 5.16 Å². The Morgan fingerprint density at radius 1 is 1.00 bits per heavy atom. The van der Waals surface area contributed by atoms with Gasteiger partial charge in [0.1, 0.15) is 11.4 Å². The van der Waals surface area contributed by atoms with E-state index in [0.717, 1.165) is 11.6 Å². The lowest BCUT2D eigenvalue weighted by atomic mass is 10.0. The average molecular weight is 364 g/mol. The van der Waals surface area contributed by atoms with Crippen LogP contribution in [0.4, 0.5) is 14.6 Å². The van der Waals surface area contributed by atoms with Crippen LogP contribution in [0, 0.1) is 11.6 Å². The minimum absolute atomic E-state index is 0.0971. The Morgan fingerprint density at radius 2 is 1.78 bits per heavy atom. The Bertz CT molecular complexity index is 1170. The Morgan fingerprint density at radius 3 is 2.52 bits per heavy atom. The monoisotopic (exact) mass is 364 g/mol. The van der Waals surface area contributed by atoms with Gasteiger partial charge in [-0.1, -0.05) is 41.6 Å². The summed E-state index contributed by atoms with van der Waals surface area (Å²) in [6.07, 6.45) is 1.63. The normalized spacial score (nSPS) is 11.9. The van der Waals surface area contributed by atoms with Crippen LogP contribution in [0.2, 0.25) is 0 Å². The van der Waals surface area contributed by atoms with Gasteiger partial charge in [-0.05, 0) is 24.3 Å². The number of anilines is 1. The summed E-state index contributed by atoms with van der Waals surface area (Å²) in [5, 5.41) is 12.7. The highest BCUT2D eigenvalue weighted by Gasteiger charge is 2.18. The molecule has 134 valence electrons. The van der Waals surface area contributed by atoms with Gasteiger partial charge in [0.2, 0.25) is 0 Å². The SMILES string of the molecule is Nc1nc2ccc(C(=NO)c3cccc(F)c3F)cn2c1-c1ccccc1. The molecule has 0 bridgehead atoms. The van der Waals surface area contributed by atoms with Crippen molar-refractivity contribution in [3.05, 3.63) is 89.6 Å². The molecule has 4 aromatic rings. The summed E-state index contributed by atoms with van der Waals surface area (Å²) in [5.74, 6) is -1.77. The first-order valence-corrected chi connectivity index (χ1v) is 8.10. The minimum atomic E-state index is -1.08. The third-order valence-electron chi connectivity index (χ3n) is 4.27. The largest absolute Gasteiger partial charge is 0.410 e. The number of nitrogens with two attached hydrogens (primary N) is 1. The molecule has 7 heteroatoms. The molecule has 0 unspecified atom stereocenters. The van der Waals surface area contributed by atoms with Crippen LogP contribution < -0.4 is 5.73 Å². The van der Waals surface area contributed by atoms with Crippen LogP contribution in [0.1, 0.15) is 11.1 Å². The van der Waals surface area contributed by atoms with E-state index in [0.29, 0.717) is 22.7 Å². The molecule has 4 rings (SSSR count). The number of hydrogen-bond acceptors (Lipinski definition) is 4. The maximum absolute atomic E-state index is 14.2. The zero-order valence-corrected chi connectivity index (χ0v) is 14.0. The fourth-order valence-corrected chi connectivity index (χ4v) is 3.04. The molecule has 0 amide bonds. The standard InChI is InChI=1S/C20H14F2N4O/c21-15-8-4-7-14(17(15)22)18(25-27)13-9-10-16-24-20(23)19(26(16)11-13)12-5-2-1-3-6-12/h1-11,27H,23H2. The molecule has 0 fully saturated rings. The second-order valence-electron chi connectivity index (χ2n) is 5.91. The summed E-state index contributed by atoms with van der Waals surface area (Å²) in [4.78, 5) is 4.32. The third kappa shape index (κ3) is 2.79. The Labute approximate surface area is 153 Å². The van der Waals surface area contributed by atoms with Gasteiger partial charge in [-0.25, -0.2) is 13.8 Å². The van der Waals surface area contributed by atoms with Crippen LogP contribution in [0.25, 0.3) is 16.9 Å². The Hall–Kier alpha value is -3.74. The van der Waals surface area contributed by atoms with E-state index in [1.165, 1.54) is 12.1 Å². The number of halogens is 2. The molecule has 0 atom stereocenters. The van der Waals surface area contributed by atoms with Crippen molar-refractivity contribution in [1.82, 2.24) is 9.38 Å². The first-order chi connectivity index (χ1) is 13.1. The van der Waals surface area contributed by atoms with Gasteiger partial charge in [0.15, 0.2) is 17.5 Å². The number of benzene rings is 2. The number of nitrogens with zero attached hydrogens (tertiary/aromatic N) is 3. The molecular formula is C20H14F2N4O. The summed E-state index contributed by atoms with van der Waals surface area (Å²) in [7, 11) is 0. The molecule has 27 heavy (non-hydrogen) atoms. The van der Waals surface area contributed by atoms with E-state index >= 15 is 0 Å². The molecule has 5 nitrogen and oxygen atoms in total. The van der Waals surface area contributed by atoms with Crippen molar-refractivity contribution < 1.29 is 14.0 Å². The van der Waals surface area contributed by atoms with Gasteiger partial charge in [0.25, 0.3) is 0 Å². The van der Waals surface area contributed by atoms with E-state index in [4.69, 9.17) is 5.73 Å². The summed E-state index contributed by atoms with van der Waals surface area (Å²) >= 11 is 0. The summed E-state index contributed by atoms with van der Waals surface area (Å²) in [6, 6.07) is 16.4. The molecule has 0 saturated carbocycles. The summed E-state index contributed by atoms with van der Waals surface area (Å²) < 4.78 is 29.5. The average Bonchev–Trinajstić information content (AvgIpc) is 3.01. The summed E-state index contributed by atoms with van der Waals surface area (Å²) in [5.41, 5.74) is 8.29. The van der Waals surface area contributed by atoms with Crippen molar-refractivity contribution in [3.8, 4) is 11.3 Å². The van der Waals surface area contributed by atoms with Gasteiger partial charge in [0.05, 0.1) is 5.69 Å². The number of nitrogen functional groups attached to an aromatic ring is 1. The Balaban J connectivity index is 1.92. The number of fused-ring (bicyclic) bond motifs is 1. The third-order valence-corrected chi connectivity index (χ3v) is 4.27. The zero-order chi connectivity index (χ0) is 19.0. The summed E-state index contributed by atoms with van der Waals surface area (Å²) in [6.45, 7) is 0. The molecule has 0 saturated heterocycles. The fraction of sp³-hybridized carbons (Fsp3) is 0. The zero-order valence-electron chi connectivity index (χ0n) is 14.0. The maximum Gasteiger partial charge on any atom is 0.168 e. The van der Waals surface area contributed by atoms with Crippen LogP contribution in [-0.4, -0.2) is 20.3 Å². The molecule has 2 aromatic heterocycles. The van der Waals surface area contributed by atoms with Gasteiger partial charge >= 0.3 is 0 Å². The molecule has 0 spiro atoms. The number of oxime groups is 1. The van der Waals surface area contributed by atoms with Crippen molar-refractivity contribution in [1.29, 1.82) is 0 Å². The number of rotatable bonds is 3. The molecular weight excluding hydrogens is 350 g/mol. The molecule has 0 aliphatic rings. The molecule has 0 aliphatic heterocycles. The van der Waals surface area contributed by atoms with Gasteiger partial charge in [-0.15, -0.1) is 0 Å².